The van der Waals surface area contributed by atoms with Crippen LogP contribution in [0.2, 0.25) is 5.02 Å². The fourth-order valence-electron chi connectivity index (χ4n) is 3.50. The molecule has 1 fully saturated rings. The minimum Gasteiger partial charge on any atom is -0.319 e. The summed E-state index contributed by atoms with van der Waals surface area (Å²) in [5.74, 6) is -0.962. The summed E-state index contributed by atoms with van der Waals surface area (Å²) in [6.45, 7) is 5.07. The molecule has 4 amide bonds. The van der Waals surface area contributed by atoms with Gasteiger partial charge in [0.15, 0.2) is 0 Å². The highest BCUT2D eigenvalue weighted by Crippen LogP contribution is 2.29. The number of aryl methyl sites for hydroxylation is 2. The number of amides is 4. The lowest BCUT2D eigenvalue weighted by Crippen LogP contribution is -2.45. The topological polar surface area (TPSA) is 93.5 Å². The number of nitrogens with zero attached hydrogens (tertiary/aromatic N) is 3. The average molecular weight is 439 g/mol. The van der Waals surface area contributed by atoms with E-state index in [1.807, 2.05) is 32.0 Å². The quantitative estimate of drug-likeness (QED) is 0.696. The molecule has 0 spiro atoms. The molecule has 2 aromatic carbocycles. The average Bonchev–Trinajstić information content (AvgIpc) is 2.95. The zero-order valence-electron chi connectivity index (χ0n) is 17.6. The second kappa shape index (κ2) is 8.78. The van der Waals surface area contributed by atoms with Gasteiger partial charge in [0.2, 0.25) is 5.91 Å². The van der Waals surface area contributed by atoms with Crippen molar-refractivity contribution in [2.75, 3.05) is 18.0 Å². The Balaban J connectivity index is 1.85. The molecule has 1 saturated heterocycles. The molecule has 0 saturated carbocycles. The molecule has 160 valence electrons. The van der Waals surface area contributed by atoms with Crippen LogP contribution in [0.3, 0.4) is 0 Å². The molecule has 1 N–H and O–H groups in total. The van der Waals surface area contributed by atoms with Crippen molar-refractivity contribution < 1.29 is 14.4 Å². The number of hydrogen-bond acceptors (Lipinski definition) is 4. The second-order valence-corrected chi connectivity index (χ2v) is 8.11. The monoisotopic (exact) mass is 438 g/mol. The number of rotatable bonds is 6. The van der Waals surface area contributed by atoms with E-state index in [0.717, 1.165) is 16.0 Å². The molecule has 8 heteroatoms. The van der Waals surface area contributed by atoms with Crippen molar-refractivity contribution in [2.45, 2.75) is 32.7 Å². The summed E-state index contributed by atoms with van der Waals surface area (Å²) in [5.41, 5.74) is 1.74. The third-order valence-electron chi connectivity index (χ3n) is 5.40. The summed E-state index contributed by atoms with van der Waals surface area (Å²) in [5, 5.41) is 12.2. The van der Waals surface area contributed by atoms with Crippen LogP contribution >= 0.6 is 11.6 Å². The molecule has 3 rings (SSSR count). The molecule has 0 aliphatic carbocycles. The Morgan fingerprint density at radius 3 is 2.48 bits per heavy atom. The van der Waals surface area contributed by atoms with E-state index in [1.165, 1.54) is 4.90 Å². The first-order valence-electron chi connectivity index (χ1n) is 9.82. The van der Waals surface area contributed by atoms with Gasteiger partial charge in [-0.2, -0.15) is 5.26 Å². The maximum Gasteiger partial charge on any atom is 0.325 e. The van der Waals surface area contributed by atoms with Gasteiger partial charge in [-0.05, 0) is 50.1 Å². The molecule has 1 aliphatic heterocycles. The van der Waals surface area contributed by atoms with Crippen LogP contribution in [-0.4, -0.2) is 35.8 Å². The van der Waals surface area contributed by atoms with Crippen molar-refractivity contribution in [1.29, 1.82) is 5.26 Å². The van der Waals surface area contributed by atoms with E-state index in [9.17, 15) is 14.4 Å². The van der Waals surface area contributed by atoms with Crippen LogP contribution in [0.5, 0.6) is 0 Å². The van der Waals surface area contributed by atoms with Gasteiger partial charge in [0.1, 0.15) is 12.1 Å². The number of nitrogens with one attached hydrogen (secondary N) is 1. The fraction of sp³-hybridized carbons (Fsp3) is 0.304. The first-order chi connectivity index (χ1) is 14.7. The van der Waals surface area contributed by atoms with Gasteiger partial charge in [-0.15, -0.1) is 0 Å². The van der Waals surface area contributed by atoms with E-state index in [-0.39, 0.29) is 13.0 Å². The van der Waals surface area contributed by atoms with Crippen LogP contribution in [0.4, 0.5) is 10.5 Å². The molecular weight excluding hydrogens is 416 g/mol. The van der Waals surface area contributed by atoms with Crippen molar-refractivity contribution in [1.82, 2.24) is 10.2 Å². The first kappa shape index (κ1) is 22.3. The van der Waals surface area contributed by atoms with Gasteiger partial charge < -0.3 is 10.2 Å². The summed E-state index contributed by atoms with van der Waals surface area (Å²) >= 11 is 6.08. The number of imide groups is 1. The summed E-state index contributed by atoms with van der Waals surface area (Å²) in [4.78, 5) is 41.1. The Hall–Kier alpha value is -3.37. The normalized spacial score (nSPS) is 18.0. The fourth-order valence-corrected chi connectivity index (χ4v) is 3.62. The highest BCUT2D eigenvalue weighted by molar-refractivity contribution is 6.31. The molecule has 0 bridgehead atoms. The van der Waals surface area contributed by atoms with E-state index in [4.69, 9.17) is 16.9 Å². The number of carbonyl (C=O) groups excluding carboxylic acids is 3. The highest BCUT2D eigenvalue weighted by Gasteiger charge is 2.49. The van der Waals surface area contributed by atoms with Crippen molar-refractivity contribution in [3.63, 3.8) is 0 Å². The second-order valence-electron chi connectivity index (χ2n) is 7.70. The van der Waals surface area contributed by atoms with Gasteiger partial charge in [0, 0.05) is 17.3 Å². The predicted molar refractivity (Wildman–Crippen MR) is 118 cm³/mol. The lowest BCUT2D eigenvalue weighted by molar-refractivity contribution is -0.134. The van der Waals surface area contributed by atoms with Crippen molar-refractivity contribution in [3.05, 3.63) is 64.2 Å². The number of nitriles is 1. The Morgan fingerprint density at radius 1 is 1.19 bits per heavy atom. The number of carbonyl (C=O) groups is 3. The molecule has 7 nitrogen and oxygen atoms in total. The zero-order valence-corrected chi connectivity index (χ0v) is 18.4. The Kier molecular flexibility index (Phi) is 6.32. The molecule has 1 aliphatic rings. The Morgan fingerprint density at radius 2 is 1.87 bits per heavy atom. The van der Waals surface area contributed by atoms with Crippen LogP contribution in [-0.2, 0) is 15.1 Å². The summed E-state index contributed by atoms with van der Waals surface area (Å²) in [6.07, 6.45) is 0.106. The van der Waals surface area contributed by atoms with Gasteiger partial charge in [0.25, 0.3) is 5.91 Å². The number of urea groups is 1. The maximum atomic E-state index is 13.1. The number of hydrogen-bond donors (Lipinski definition) is 1. The molecule has 0 radical (unpaired) electrons. The summed E-state index contributed by atoms with van der Waals surface area (Å²) in [6, 6.07) is 13.8. The Bertz CT molecular complexity index is 1080. The predicted octanol–water partition coefficient (Wildman–Crippen LogP) is 3.67. The van der Waals surface area contributed by atoms with Gasteiger partial charge >= 0.3 is 6.03 Å². The lowest BCUT2D eigenvalue weighted by atomic mass is 9.91. The number of halogens is 1. The van der Waals surface area contributed by atoms with E-state index < -0.39 is 29.9 Å². The van der Waals surface area contributed by atoms with Gasteiger partial charge in [-0.25, -0.2) is 4.79 Å². The van der Waals surface area contributed by atoms with Crippen LogP contribution in [0.15, 0.2) is 42.5 Å². The molecule has 0 aromatic heterocycles. The minimum atomic E-state index is -1.25. The Labute approximate surface area is 186 Å². The molecular formula is C23H23ClN4O3. The van der Waals surface area contributed by atoms with Crippen LogP contribution in [0, 0.1) is 25.2 Å². The molecule has 1 atom stereocenters. The van der Waals surface area contributed by atoms with Crippen molar-refractivity contribution in [2.24, 2.45) is 0 Å². The van der Waals surface area contributed by atoms with Gasteiger partial charge in [-0.3, -0.25) is 14.5 Å². The third-order valence-corrected chi connectivity index (χ3v) is 5.82. The number of benzene rings is 2. The SMILES string of the molecule is Cc1ccc(C2(C)NC(=O)N(CC(=O)N(CCC#N)c3ccc(Cl)c(C)c3)C2=O)cc1. The molecule has 1 unspecified atom stereocenters. The van der Waals surface area contributed by atoms with Gasteiger partial charge in [-0.1, -0.05) is 41.4 Å². The van der Waals surface area contributed by atoms with E-state index >= 15 is 0 Å². The molecule has 31 heavy (non-hydrogen) atoms. The van der Waals surface area contributed by atoms with E-state index in [1.54, 1.807) is 37.3 Å². The molecule has 1 heterocycles. The van der Waals surface area contributed by atoms with E-state index in [2.05, 4.69) is 5.32 Å². The van der Waals surface area contributed by atoms with Gasteiger partial charge in [0.05, 0.1) is 12.5 Å². The smallest absolute Gasteiger partial charge is 0.319 e. The highest BCUT2D eigenvalue weighted by atomic mass is 35.5. The van der Waals surface area contributed by atoms with Crippen molar-refractivity contribution in [3.8, 4) is 6.07 Å². The molecule has 2 aromatic rings. The van der Waals surface area contributed by atoms with Crippen LogP contribution in [0.25, 0.3) is 0 Å². The zero-order chi connectivity index (χ0) is 22.8. The summed E-state index contributed by atoms with van der Waals surface area (Å²) < 4.78 is 0. The number of anilines is 1. The minimum absolute atomic E-state index is 0.106. The van der Waals surface area contributed by atoms with E-state index in [0.29, 0.717) is 16.3 Å². The first-order valence-corrected chi connectivity index (χ1v) is 10.2. The third kappa shape index (κ3) is 4.39. The van der Waals surface area contributed by atoms with Crippen LogP contribution in [0.1, 0.15) is 30.0 Å². The maximum absolute atomic E-state index is 13.1. The summed E-state index contributed by atoms with van der Waals surface area (Å²) in [7, 11) is 0. The largest absolute Gasteiger partial charge is 0.325 e. The van der Waals surface area contributed by atoms with Crippen LogP contribution < -0.4 is 10.2 Å². The standard InChI is InChI=1S/C23H23ClN4O3/c1-15-5-7-17(8-6-15)23(3)21(30)28(22(31)26-23)14-20(29)27(12-4-11-25)18-9-10-19(24)16(2)13-18/h5-10,13H,4,12,14H2,1-3H3,(H,26,31). The lowest BCUT2D eigenvalue weighted by Gasteiger charge is -2.25. The van der Waals surface area contributed by atoms with Crippen molar-refractivity contribution >= 4 is 35.1 Å².